The van der Waals surface area contributed by atoms with Gasteiger partial charge < -0.3 is 19.9 Å². The quantitative estimate of drug-likeness (QED) is 0.681. The molecule has 0 radical (unpaired) electrons. The van der Waals surface area contributed by atoms with Crippen molar-refractivity contribution in [3.63, 3.8) is 0 Å². The van der Waals surface area contributed by atoms with Crippen LogP contribution < -0.4 is 15.0 Å². The van der Waals surface area contributed by atoms with Crippen molar-refractivity contribution < 1.29 is 27.9 Å². The average molecular weight is 487 g/mol. The van der Waals surface area contributed by atoms with Gasteiger partial charge in [-0.1, -0.05) is 19.1 Å². The third kappa shape index (κ3) is 5.21. The summed E-state index contributed by atoms with van der Waals surface area (Å²) in [6, 6.07) is 8.76. The molecule has 4 rings (SSSR count). The van der Waals surface area contributed by atoms with Gasteiger partial charge in [-0.15, -0.1) is 0 Å². The fourth-order valence-electron chi connectivity index (χ4n) is 4.23. The standard InChI is InChI=1S/C25H28F2N4O4/c1-3-17-4-6-18(7-5-17)35-16(2)23(32)29-10-12-30(13-11-29)24(33)19-14-22(21(27)15-20(19)26)31-9-8-28-25(31)34/h4-7,14-16H,3,8-13H2,1-2H3,(H,28,34). The number of piperazine rings is 1. The molecule has 1 N–H and O–H groups in total. The van der Waals surface area contributed by atoms with Crippen molar-refractivity contribution >= 4 is 23.5 Å². The van der Waals surface area contributed by atoms with Gasteiger partial charge in [0.05, 0.1) is 11.3 Å². The second kappa shape index (κ2) is 10.3. The lowest BCUT2D eigenvalue weighted by Gasteiger charge is -2.36. The highest BCUT2D eigenvalue weighted by molar-refractivity contribution is 5.99. The van der Waals surface area contributed by atoms with Crippen molar-refractivity contribution in [2.24, 2.45) is 0 Å². The van der Waals surface area contributed by atoms with Gasteiger partial charge in [-0.25, -0.2) is 13.6 Å². The molecule has 2 aliphatic rings. The Bertz CT molecular complexity index is 1120. The molecule has 2 heterocycles. The minimum absolute atomic E-state index is 0.142. The molecule has 186 valence electrons. The fourth-order valence-corrected chi connectivity index (χ4v) is 4.23. The molecule has 1 atom stereocenters. The van der Waals surface area contributed by atoms with Crippen molar-refractivity contribution in [2.45, 2.75) is 26.4 Å². The average Bonchev–Trinajstić information content (AvgIpc) is 3.29. The first-order valence-electron chi connectivity index (χ1n) is 11.7. The zero-order valence-electron chi connectivity index (χ0n) is 19.7. The lowest BCUT2D eigenvalue weighted by atomic mass is 10.1. The second-order valence-electron chi connectivity index (χ2n) is 8.54. The van der Waals surface area contributed by atoms with Crippen LogP contribution in [0.15, 0.2) is 36.4 Å². The largest absolute Gasteiger partial charge is 0.481 e. The van der Waals surface area contributed by atoms with E-state index >= 15 is 0 Å². The molecule has 1 unspecified atom stereocenters. The summed E-state index contributed by atoms with van der Waals surface area (Å²) >= 11 is 0. The molecule has 10 heteroatoms. The number of hydrogen-bond donors (Lipinski definition) is 1. The zero-order valence-corrected chi connectivity index (χ0v) is 19.7. The molecule has 4 amide bonds. The van der Waals surface area contributed by atoms with E-state index in [9.17, 15) is 23.2 Å². The number of anilines is 1. The lowest BCUT2D eigenvalue weighted by Crippen LogP contribution is -2.53. The Labute approximate surface area is 202 Å². The van der Waals surface area contributed by atoms with Gasteiger partial charge in [-0.2, -0.15) is 0 Å². The Balaban J connectivity index is 1.38. The Morgan fingerprint density at radius 3 is 2.26 bits per heavy atom. The van der Waals surface area contributed by atoms with Crippen LogP contribution in [0.5, 0.6) is 5.75 Å². The molecule has 35 heavy (non-hydrogen) atoms. The van der Waals surface area contributed by atoms with Gasteiger partial charge in [-0.05, 0) is 37.1 Å². The van der Waals surface area contributed by atoms with Gasteiger partial charge in [0, 0.05) is 45.3 Å². The summed E-state index contributed by atoms with van der Waals surface area (Å²) in [5.74, 6) is -2.12. The molecule has 2 fully saturated rings. The molecule has 8 nitrogen and oxygen atoms in total. The van der Waals surface area contributed by atoms with E-state index in [-0.39, 0.29) is 49.9 Å². The Morgan fingerprint density at radius 2 is 1.66 bits per heavy atom. The number of amides is 4. The summed E-state index contributed by atoms with van der Waals surface area (Å²) < 4.78 is 34.6. The first kappa shape index (κ1) is 24.4. The van der Waals surface area contributed by atoms with E-state index in [1.807, 2.05) is 24.3 Å². The smallest absolute Gasteiger partial charge is 0.322 e. The van der Waals surface area contributed by atoms with Crippen molar-refractivity contribution in [1.29, 1.82) is 0 Å². The molecule has 0 bridgehead atoms. The monoisotopic (exact) mass is 486 g/mol. The van der Waals surface area contributed by atoms with Gasteiger partial charge in [0.1, 0.15) is 17.4 Å². The SMILES string of the molecule is CCc1ccc(OC(C)C(=O)N2CCN(C(=O)c3cc(N4CCNC4=O)c(F)cc3F)CC2)cc1. The summed E-state index contributed by atoms with van der Waals surface area (Å²) in [5, 5.41) is 2.55. The topological polar surface area (TPSA) is 82.2 Å². The molecular formula is C25H28F2N4O4. The normalized spacial score (nSPS) is 16.8. The first-order valence-corrected chi connectivity index (χ1v) is 11.7. The van der Waals surface area contributed by atoms with E-state index in [0.29, 0.717) is 18.4 Å². The number of urea groups is 1. The second-order valence-corrected chi connectivity index (χ2v) is 8.54. The summed E-state index contributed by atoms with van der Waals surface area (Å²) in [5.41, 5.74) is 0.718. The summed E-state index contributed by atoms with van der Waals surface area (Å²) in [6.07, 6.45) is 0.211. The van der Waals surface area contributed by atoms with Gasteiger partial charge in [0.15, 0.2) is 6.10 Å². The third-order valence-corrected chi connectivity index (χ3v) is 6.29. The number of nitrogens with zero attached hydrogens (tertiary/aromatic N) is 3. The zero-order chi connectivity index (χ0) is 25.1. The highest BCUT2D eigenvalue weighted by Crippen LogP contribution is 2.26. The van der Waals surface area contributed by atoms with Crippen LogP contribution in [-0.2, 0) is 11.2 Å². The maximum absolute atomic E-state index is 14.5. The molecule has 0 aliphatic carbocycles. The van der Waals surface area contributed by atoms with Crippen LogP contribution in [0.1, 0.15) is 29.8 Å². The molecule has 2 aromatic rings. The van der Waals surface area contributed by atoms with Crippen LogP contribution in [0, 0.1) is 11.6 Å². The fraction of sp³-hybridized carbons (Fsp3) is 0.400. The number of ether oxygens (including phenoxy) is 1. The van der Waals surface area contributed by atoms with E-state index < -0.39 is 29.7 Å². The molecule has 2 aromatic carbocycles. The van der Waals surface area contributed by atoms with Crippen LogP contribution in [0.2, 0.25) is 0 Å². The Morgan fingerprint density at radius 1 is 1.00 bits per heavy atom. The van der Waals surface area contributed by atoms with Crippen molar-refractivity contribution in [3.05, 3.63) is 59.2 Å². The van der Waals surface area contributed by atoms with Crippen molar-refractivity contribution in [2.75, 3.05) is 44.2 Å². The number of aryl methyl sites for hydroxylation is 1. The van der Waals surface area contributed by atoms with Crippen LogP contribution in [0.4, 0.5) is 19.3 Å². The molecule has 0 spiro atoms. The number of nitrogens with one attached hydrogen (secondary N) is 1. The Kier molecular flexibility index (Phi) is 7.18. The number of halogens is 2. The minimum Gasteiger partial charge on any atom is -0.481 e. The summed E-state index contributed by atoms with van der Waals surface area (Å²) in [7, 11) is 0. The highest BCUT2D eigenvalue weighted by atomic mass is 19.1. The molecule has 0 aromatic heterocycles. The van der Waals surface area contributed by atoms with E-state index in [0.717, 1.165) is 17.4 Å². The number of carbonyl (C=O) groups excluding carboxylic acids is 3. The van der Waals surface area contributed by atoms with Crippen molar-refractivity contribution in [1.82, 2.24) is 15.1 Å². The lowest BCUT2D eigenvalue weighted by molar-refractivity contribution is -0.139. The van der Waals surface area contributed by atoms with Crippen LogP contribution in [0.3, 0.4) is 0 Å². The van der Waals surface area contributed by atoms with Gasteiger partial charge in [-0.3, -0.25) is 14.5 Å². The van der Waals surface area contributed by atoms with Gasteiger partial charge in [0.25, 0.3) is 11.8 Å². The van der Waals surface area contributed by atoms with E-state index in [2.05, 4.69) is 12.2 Å². The maximum atomic E-state index is 14.5. The first-order chi connectivity index (χ1) is 16.8. The third-order valence-electron chi connectivity index (χ3n) is 6.29. The predicted octanol–water partition coefficient (Wildman–Crippen LogP) is 2.81. The maximum Gasteiger partial charge on any atom is 0.322 e. The molecule has 0 saturated carbocycles. The van der Waals surface area contributed by atoms with Gasteiger partial charge in [0.2, 0.25) is 0 Å². The number of benzene rings is 2. The minimum atomic E-state index is -0.995. The van der Waals surface area contributed by atoms with E-state index in [4.69, 9.17) is 4.74 Å². The summed E-state index contributed by atoms with van der Waals surface area (Å²) in [4.78, 5) is 41.9. The number of hydrogen-bond acceptors (Lipinski definition) is 4. The molecule has 2 aliphatic heterocycles. The van der Waals surface area contributed by atoms with E-state index in [1.54, 1.807) is 11.8 Å². The number of carbonyl (C=O) groups is 3. The van der Waals surface area contributed by atoms with E-state index in [1.165, 1.54) is 10.5 Å². The summed E-state index contributed by atoms with van der Waals surface area (Å²) in [6.45, 7) is 5.20. The molecular weight excluding hydrogens is 458 g/mol. The molecule has 2 saturated heterocycles. The van der Waals surface area contributed by atoms with Crippen LogP contribution in [-0.4, -0.2) is 73.0 Å². The Hall–Kier alpha value is -3.69. The van der Waals surface area contributed by atoms with Crippen molar-refractivity contribution in [3.8, 4) is 5.75 Å². The highest BCUT2D eigenvalue weighted by Gasteiger charge is 2.31. The predicted molar refractivity (Wildman–Crippen MR) is 125 cm³/mol. The van der Waals surface area contributed by atoms with Crippen LogP contribution in [0.25, 0.3) is 0 Å². The van der Waals surface area contributed by atoms with Gasteiger partial charge >= 0.3 is 6.03 Å². The van der Waals surface area contributed by atoms with Crippen LogP contribution >= 0.6 is 0 Å². The number of rotatable bonds is 6.